The van der Waals surface area contributed by atoms with Crippen LogP contribution in [0.2, 0.25) is 0 Å². The second kappa shape index (κ2) is 257. The molecule has 0 spiro atoms. The maximum Gasteiger partial charge on any atom is 0.102 e. The average molecular weight is 129 g/mol. The summed E-state index contributed by atoms with van der Waals surface area (Å²) in [5.41, 5.74) is 0. The minimum atomic E-state index is 0. The summed E-state index contributed by atoms with van der Waals surface area (Å²) in [5, 5.41) is 0. The van der Waals surface area contributed by atoms with E-state index in [-0.39, 0.29) is 14.9 Å². The normalized spacial score (nSPS) is 6.33. The Morgan fingerprint density at radius 2 is 1.67 bits per heavy atom. The average Bonchev–Trinajstić information content (AvgIpc) is 1.39. The number of hydrogen-bond acceptors (Lipinski definition) is 2. The van der Waals surface area contributed by atoms with E-state index >= 15 is 0 Å². The van der Waals surface area contributed by atoms with Crippen LogP contribution in [-0.4, -0.2) is 14.8 Å². The van der Waals surface area contributed by atoms with Crippen molar-refractivity contribution < 1.29 is 0 Å². The third-order valence-electron chi connectivity index (χ3n) is 0. The molecule has 0 unspecified atom stereocenters. The van der Waals surface area contributed by atoms with Gasteiger partial charge in [-0.15, -0.1) is 0 Å². The second-order valence-corrected chi connectivity index (χ2v) is 0. The van der Waals surface area contributed by atoms with Crippen LogP contribution in [0.3, 0.4) is 0 Å². The Labute approximate surface area is 55.3 Å². The summed E-state index contributed by atoms with van der Waals surface area (Å²) in [6.45, 7) is 0. The molecule has 0 aliphatic heterocycles. The first kappa shape index (κ1) is 9.85. The summed E-state index contributed by atoms with van der Waals surface area (Å²) < 4.78 is 12.2. The highest BCUT2D eigenvalue weighted by Crippen LogP contribution is 1.31. The van der Waals surface area contributed by atoms with Crippen molar-refractivity contribution in [2.24, 2.45) is 0 Å². The van der Waals surface area contributed by atoms with Gasteiger partial charge in [0.2, 0.25) is 0 Å². The molecule has 0 atom stereocenters. The van der Waals surface area contributed by atoms with Gasteiger partial charge in [0.1, 0.15) is 2.25 Å². The number of hydrogen-bond donors (Lipinski definition) is 2. The van der Waals surface area contributed by atoms with Gasteiger partial charge in [-0.05, 0) is 12.5 Å². The highest BCUT2D eigenvalue weighted by atomic mass is 32.1. The highest BCUT2D eigenvalue weighted by Gasteiger charge is 0.903. The maximum absolute atomic E-state index is 6.12. The summed E-state index contributed by atoms with van der Waals surface area (Å²) in [6.07, 6.45) is 3.42. The molecule has 0 nitrogen and oxygen atoms in total. The summed E-state index contributed by atoms with van der Waals surface area (Å²) in [6, 6.07) is 0. The molecular formula is C4H16S2. The Morgan fingerprint density at radius 1 is 1.67 bits per heavy atom. The lowest BCUT2D eigenvalue weighted by atomic mass is 12.0. The zero-order valence-electron chi connectivity index (χ0n) is 4.82. The van der Waals surface area contributed by atoms with Crippen molar-refractivity contribution in [3.05, 3.63) is 0 Å². The molecule has 0 N–H and O–H groups in total. The second-order valence-electron chi connectivity index (χ2n) is 0. The van der Waals surface area contributed by atoms with E-state index < -0.39 is 0 Å². The van der Waals surface area contributed by atoms with Crippen LogP contribution in [0.4, 0.5) is 0 Å². The van der Waals surface area contributed by atoms with Gasteiger partial charge in [-0.3, -0.25) is 0 Å². The lowest BCUT2D eigenvalue weighted by Gasteiger charge is -1.11. The molecule has 0 bridgehead atoms. The summed E-state index contributed by atoms with van der Waals surface area (Å²) in [5.74, 6) is 0. The Kier molecular flexibility index (Phi) is 422. The summed E-state index contributed by atoms with van der Waals surface area (Å²) >= 11 is 2.00. The SMILES string of the molecule is C.C.[1H]SC.[2H]SC. The molecule has 0 saturated heterocycles. The molecule has 0 fully saturated rings. The van der Waals surface area contributed by atoms with Crippen LogP contribution in [0, 0.1) is 0 Å². The lowest BCUT2D eigenvalue weighted by molar-refractivity contribution is 2.50. The number of thiol groups is 2. The molecule has 0 aromatic carbocycles. The predicted octanol–water partition coefficient (Wildman–Crippen LogP) is 2.36. The van der Waals surface area contributed by atoms with Gasteiger partial charge in [0, 0.05) is 0 Å². The summed E-state index contributed by atoms with van der Waals surface area (Å²) in [7, 11) is 0. The zero-order chi connectivity index (χ0) is 5.41. The van der Waals surface area contributed by atoms with Crippen LogP contribution in [0.15, 0.2) is 0 Å². The molecule has 6 heavy (non-hydrogen) atoms. The fraction of sp³-hybridized carbons (Fsp3) is 1.00. The van der Waals surface area contributed by atoms with Crippen molar-refractivity contribution in [2.75, 3.05) is 12.5 Å². The maximum atomic E-state index is 6.12. The van der Waals surface area contributed by atoms with Crippen molar-refractivity contribution in [1.82, 2.24) is 0 Å². The van der Waals surface area contributed by atoms with Crippen LogP contribution < -0.4 is 0 Å². The standard InChI is InChI=1S/2CH4S.2CH4/c2*1-2;;/h2*2H,1H3;2*1H4/i/hDH. The van der Waals surface area contributed by atoms with E-state index in [2.05, 4.69) is 0 Å². The molecule has 44 valence electrons. The Balaban J connectivity index is -0.0000000160. The predicted molar refractivity (Wildman–Crippen MR) is 43.3 cm³/mol. The van der Waals surface area contributed by atoms with E-state index in [4.69, 9.17) is 2.25 Å². The van der Waals surface area contributed by atoms with E-state index in [1.54, 1.807) is 12.5 Å². The third-order valence-corrected chi connectivity index (χ3v) is 0. The van der Waals surface area contributed by atoms with Crippen molar-refractivity contribution in [2.45, 2.75) is 14.9 Å². The van der Waals surface area contributed by atoms with E-state index in [9.17, 15) is 0 Å². The van der Waals surface area contributed by atoms with Crippen molar-refractivity contribution in [1.29, 1.82) is 2.25 Å². The topological polar surface area (TPSA) is 0 Å². The first-order valence-electron chi connectivity index (χ1n) is 1.63. The van der Waals surface area contributed by atoms with E-state index in [0.29, 0.717) is 0 Å². The number of rotatable bonds is 0. The molecule has 2 heteroatoms. The van der Waals surface area contributed by atoms with Crippen molar-refractivity contribution in [3.63, 3.8) is 0 Å². The van der Waals surface area contributed by atoms with Crippen LogP contribution >= 0.6 is 25.1 Å². The van der Waals surface area contributed by atoms with Crippen molar-refractivity contribution in [3.8, 4) is 0 Å². The monoisotopic (exact) mass is 129 g/mol. The molecule has 0 radical (unpaired) electrons. The Hall–Kier alpha value is 0.700. The molecule has 0 heterocycles. The van der Waals surface area contributed by atoms with Gasteiger partial charge in [-0.1, -0.05) is 14.9 Å². The lowest BCUT2D eigenvalue weighted by Crippen LogP contribution is -0.865. The van der Waals surface area contributed by atoms with Gasteiger partial charge in [0.15, 0.2) is 0 Å². The third kappa shape index (κ3) is 131. The fourth-order valence-electron chi connectivity index (χ4n) is 0. The van der Waals surface area contributed by atoms with Gasteiger partial charge >= 0.3 is 0 Å². The zero-order valence-corrected chi connectivity index (χ0v) is 4.45. The first-order chi connectivity index (χ1) is 2.83. The quantitative estimate of drug-likeness (QED) is 0.461. The Bertz CT molecular complexity index is 14.0. The summed E-state index contributed by atoms with van der Waals surface area (Å²) in [4.78, 5) is 0. The largest absolute Gasteiger partial charge is 0.183 e. The molecule has 0 aliphatic rings. The first-order valence-corrected chi connectivity index (χ1v) is 2.45. The van der Waals surface area contributed by atoms with E-state index in [1.165, 1.54) is 0 Å². The van der Waals surface area contributed by atoms with Gasteiger partial charge in [-0.25, -0.2) is 0 Å². The molecule has 0 aliphatic carbocycles. The van der Waals surface area contributed by atoms with Crippen LogP contribution in [0.25, 0.3) is 0 Å². The fourth-order valence-corrected chi connectivity index (χ4v) is 0. The molecule has 0 saturated carbocycles. The van der Waals surface area contributed by atoms with Crippen molar-refractivity contribution >= 4 is 25.1 Å². The minimum absolute atomic E-state index is 0. The Morgan fingerprint density at radius 3 is 1.67 bits per heavy atom. The molecule has 0 aromatic heterocycles. The van der Waals surface area contributed by atoms with Gasteiger partial charge in [-0.2, -0.15) is 25.1 Å². The molecule has 0 rings (SSSR count). The van der Waals surface area contributed by atoms with Crippen LogP contribution in [0.1, 0.15) is 14.9 Å². The molecular weight excluding hydrogens is 112 g/mol. The van der Waals surface area contributed by atoms with Gasteiger partial charge in [0.05, 0.1) is 0 Å². The van der Waals surface area contributed by atoms with Gasteiger partial charge < -0.3 is 0 Å². The van der Waals surface area contributed by atoms with E-state index in [1.807, 2.05) is 0 Å². The molecule has 0 aromatic rings. The highest BCUT2D eigenvalue weighted by molar-refractivity contribution is 7.79. The van der Waals surface area contributed by atoms with Crippen LogP contribution in [-0.2, 0) is 0 Å². The van der Waals surface area contributed by atoms with Gasteiger partial charge in [0.25, 0.3) is 0 Å². The molecule has 0 amide bonds. The van der Waals surface area contributed by atoms with Crippen LogP contribution in [0.5, 0.6) is 0 Å². The van der Waals surface area contributed by atoms with E-state index in [0.717, 1.165) is 25.1 Å². The smallest absolute Gasteiger partial charge is 0.102 e. The minimum Gasteiger partial charge on any atom is -0.183 e.